The molecular weight excluding hydrogens is 948 g/mol. The van der Waals surface area contributed by atoms with Crippen LogP contribution in [0.2, 0.25) is 5.02 Å². The molecule has 3 aliphatic heterocycles. The molecule has 66 heavy (non-hydrogen) atoms. The van der Waals surface area contributed by atoms with Crippen molar-refractivity contribution in [2.75, 3.05) is 68.4 Å². The number of sulfone groups is 1. The smallest absolute Gasteiger partial charge is 0.380 e. The van der Waals surface area contributed by atoms with E-state index in [0.717, 1.165) is 92.7 Å². The third-order valence-electron chi connectivity index (χ3n) is 13.1. The van der Waals surface area contributed by atoms with Crippen molar-refractivity contribution in [3.8, 4) is 0 Å². The molecule has 1 amide bonds. The number of anilines is 2. The average molecular weight is 1000 g/mol. The minimum atomic E-state index is -5.62. The molecule has 0 unspecified atom stereocenters. The van der Waals surface area contributed by atoms with Gasteiger partial charge in [-0.2, -0.15) is 8.78 Å². The second kappa shape index (κ2) is 20.1. The number of alkyl halides is 3. The molecule has 4 aromatic carbocycles. The van der Waals surface area contributed by atoms with Gasteiger partial charge in [0, 0.05) is 84.8 Å². The topological polar surface area (TPSA) is 128 Å². The summed E-state index contributed by atoms with van der Waals surface area (Å²) < 4.78 is 86.3. The fourth-order valence-corrected chi connectivity index (χ4v) is 12.7. The Labute approximate surface area is 401 Å². The quantitative estimate of drug-likeness (QED) is 0.0777. The molecule has 3 saturated heterocycles. The summed E-state index contributed by atoms with van der Waals surface area (Å²) in [5.41, 5.74) is 4.99. The second-order valence-electron chi connectivity index (χ2n) is 18.4. The highest BCUT2D eigenvalue weighted by molar-refractivity contribution is 7.99. The SMILES string of the molecule is CC1(C)CCC(CN2CCN(c3ccc(C(=O)NS(=O)(=O)c4ccc(N[C@H](CCN5C[C@H]6C[C@H]5CO6)CSc5ccccc5)c(S(=O)(=O)C(F)(F)Cl)c4)cc3)CC2)=C(c2ccc(Cl)cc2)C1. The zero-order chi connectivity index (χ0) is 46.9. The number of benzene rings is 4. The monoisotopic (exact) mass is 1000 g/mol. The standard InChI is InChI=1S/C48H55Cl2F2N5O6S3/c1-47(2)20-18-35(43(28-47)33-8-12-36(49)13-9-33)29-55-22-24-56(25-23-55)38-14-10-34(11-15-38)46(58)54-66(61,62)42-16-17-44(45(27-42)65(59,60)48(50,51)52)53-37(32-64-41-6-4-3-5-7-41)19-21-57-30-40-26-39(57)31-63-40/h3-17,27,37,39-40,53H,18-26,28-32H2,1-2H3,(H,54,58)/t37-,39+,40-/m1/s1. The van der Waals surface area contributed by atoms with Gasteiger partial charge in [0.1, 0.15) is 0 Å². The van der Waals surface area contributed by atoms with Crippen LogP contribution >= 0.6 is 35.0 Å². The first kappa shape index (κ1) is 48.7. The number of hydrogen-bond donors (Lipinski definition) is 2. The molecule has 0 spiro atoms. The number of nitrogens with zero attached hydrogens (tertiary/aromatic N) is 3. The van der Waals surface area contributed by atoms with Gasteiger partial charge in [-0.05, 0) is 127 Å². The van der Waals surface area contributed by atoms with Crippen molar-refractivity contribution in [3.63, 3.8) is 0 Å². The predicted octanol–water partition coefficient (Wildman–Crippen LogP) is 9.24. The maximum absolute atomic E-state index is 14.7. The highest BCUT2D eigenvalue weighted by Gasteiger charge is 2.46. The van der Waals surface area contributed by atoms with Crippen molar-refractivity contribution < 1.29 is 35.1 Å². The number of amides is 1. The van der Waals surface area contributed by atoms with Gasteiger partial charge in [-0.25, -0.2) is 21.6 Å². The largest absolute Gasteiger partial charge is 0.427 e. The third-order valence-corrected chi connectivity index (χ3v) is 18.0. The molecule has 0 aromatic heterocycles. The molecule has 3 atom stereocenters. The van der Waals surface area contributed by atoms with Crippen LogP contribution in [0.1, 0.15) is 61.9 Å². The van der Waals surface area contributed by atoms with Crippen LogP contribution < -0.4 is 14.9 Å². The molecule has 4 aromatic rings. The first-order valence-corrected chi connectivity index (χ1v) is 26.9. The predicted molar refractivity (Wildman–Crippen MR) is 259 cm³/mol. The summed E-state index contributed by atoms with van der Waals surface area (Å²) in [7, 11) is -10.4. The summed E-state index contributed by atoms with van der Waals surface area (Å²) in [5, 5.41) is 3.85. The number of halogens is 4. The zero-order valence-electron chi connectivity index (χ0n) is 36.9. The van der Waals surface area contributed by atoms with Crippen LogP contribution in [0.15, 0.2) is 117 Å². The van der Waals surface area contributed by atoms with Crippen molar-refractivity contribution in [3.05, 3.63) is 119 Å². The van der Waals surface area contributed by atoms with E-state index in [-0.39, 0.29) is 28.8 Å². The molecule has 2 N–H and O–H groups in total. The number of ether oxygens (including phenoxy) is 1. The van der Waals surface area contributed by atoms with Gasteiger partial charge in [-0.1, -0.05) is 61.4 Å². The number of nitrogens with one attached hydrogen (secondary N) is 2. The first-order valence-electron chi connectivity index (χ1n) is 22.2. The fourth-order valence-electron chi connectivity index (χ4n) is 9.30. The average Bonchev–Trinajstić information content (AvgIpc) is 3.92. The number of likely N-dealkylation sites (tertiary alicyclic amines) is 1. The Balaban J connectivity index is 0.929. The lowest BCUT2D eigenvalue weighted by atomic mass is 9.72. The number of carbonyl (C=O) groups excluding carboxylic acids is 1. The molecule has 0 saturated carbocycles. The van der Waals surface area contributed by atoms with Crippen molar-refractivity contribution in [1.29, 1.82) is 0 Å². The molecule has 2 bridgehead atoms. The van der Waals surface area contributed by atoms with E-state index in [9.17, 15) is 30.4 Å². The van der Waals surface area contributed by atoms with Crippen molar-refractivity contribution >= 4 is 77.7 Å². The van der Waals surface area contributed by atoms with Gasteiger partial charge < -0.3 is 15.0 Å². The zero-order valence-corrected chi connectivity index (χ0v) is 40.9. The van der Waals surface area contributed by atoms with Crippen molar-refractivity contribution in [2.45, 2.75) is 83.5 Å². The number of allylic oxidation sites excluding steroid dienone is 1. The molecule has 3 heterocycles. The summed E-state index contributed by atoms with van der Waals surface area (Å²) in [6.45, 7) is 10.8. The lowest BCUT2D eigenvalue weighted by Gasteiger charge is -2.39. The van der Waals surface area contributed by atoms with E-state index in [4.69, 9.17) is 27.9 Å². The molecule has 18 heteroatoms. The van der Waals surface area contributed by atoms with E-state index in [1.54, 1.807) is 12.1 Å². The molecule has 8 rings (SSSR count). The molecule has 4 aliphatic rings. The van der Waals surface area contributed by atoms with Crippen molar-refractivity contribution in [2.24, 2.45) is 5.41 Å². The molecule has 0 radical (unpaired) electrons. The van der Waals surface area contributed by atoms with E-state index >= 15 is 0 Å². The number of piperazine rings is 1. The minimum absolute atomic E-state index is 0.0396. The Bertz CT molecular complexity index is 2630. The Hall–Kier alpha value is -3.74. The maximum atomic E-state index is 14.7. The maximum Gasteiger partial charge on any atom is 0.427 e. The van der Waals surface area contributed by atoms with Gasteiger partial charge in [-0.15, -0.1) is 11.8 Å². The summed E-state index contributed by atoms with van der Waals surface area (Å²) in [5.74, 6) is -0.534. The number of rotatable bonds is 17. The number of fused-ring (bicyclic) bond motifs is 2. The fraction of sp³-hybridized carbons (Fsp3) is 0.438. The highest BCUT2D eigenvalue weighted by atomic mass is 35.5. The molecule has 3 fully saturated rings. The summed E-state index contributed by atoms with van der Waals surface area (Å²) >= 11 is 12.9. The molecule has 1 aliphatic carbocycles. The van der Waals surface area contributed by atoms with Crippen LogP contribution in [0.4, 0.5) is 20.2 Å². The Kier molecular flexibility index (Phi) is 14.8. The minimum Gasteiger partial charge on any atom is -0.380 e. The van der Waals surface area contributed by atoms with E-state index in [1.165, 1.54) is 40.6 Å². The second-order valence-corrected chi connectivity index (χ2v) is 24.2. The van der Waals surface area contributed by atoms with Crippen LogP contribution in [0.5, 0.6) is 0 Å². The van der Waals surface area contributed by atoms with Crippen LogP contribution in [-0.4, -0.2) is 114 Å². The van der Waals surface area contributed by atoms with Gasteiger partial charge in [0.25, 0.3) is 25.8 Å². The van der Waals surface area contributed by atoms with E-state index in [0.29, 0.717) is 31.4 Å². The van der Waals surface area contributed by atoms with Gasteiger partial charge in [-0.3, -0.25) is 14.6 Å². The Morgan fingerprint density at radius 1 is 0.955 bits per heavy atom. The van der Waals surface area contributed by atoms with E-state index in [2.05, 4.69) is 46.0 Å². The lowest BCUT2D eigenvalue weighted by Crippen LogP contribution is -2.47. The summed E-state index contributed by atoms with van der Waals surface area (Å²) in [6.07, 6.45) is 4.82. The van der Waals surface area contributed by atoms with E-state index < -0.39 is 46.3 Å². The normalized spacial score (nSPS) is 21.0. The number of sulfonamides is 1. The number of thioether (sulfide) groups is 1. The number of hydrogen-bond acceptors (Lipinski definition) is 11. The lowest BCUT2D eigenvalue weighted by molar-refractivity contribution is 0.0299. The highest BCUT2D eigenvalue weighted by Crippen LogP contribution is 2.44. The molecule has 354 valence electrons. The van der Waals surface area contributed by atoms with E-state index in [1.807, 2.05) is 47.2 Å². The summed E-state index contributed by atoms with van der Waals surface area (Å²) in [4.78, 5) is 19.6. The molecule has 11 nitrogen and oxygen atoms in total. The van der Waals surface area contributed by atoms with Gasteiger partial charge in [0.05, 0.1) is 28.2 Å². The van der Waals surface area contributed by atoms with Crippen LogP contribution in [0.3, 0.4) is 0 Å². The molecular formula is C48H55Cl2F2N5O6S3. The van der Waals surface area contributed by atoms with Gasteiger partial charge in [0.2, 0.25) is 0 Å². The Morgan fingerprint density at radius 2 is 1.67 bits per heavy atom. The Morgan fingerprint density at radius 3 is 2.32 bits per heavy atom. The van der Waals surface area contributed by atoms with Crippen LogP contribution in [0, 0.1) is 5.41 Å². The summed E-state index contributed by atoms with van der Waals surface area (Å²) in [6, 6.07) is 26.9. The van der Waals surface area contributed by atoms with Gasteiger partial charge >= 0.3 is 4.71 Å². The van der Waals surface area contributed by atoms with Crippen LogP contribution in [-0.2, 0) is 24.6 Å². The van der Waals surface area contributed by atoms with Crippen molar-refractivity contribution in [1.82, 2.24) is 14.5 Å². The number of carbonyl (C=O) groups is 1. The third kappa shape index (κ3) is 11.6. The van der Waals surface area contributed by atoms with Gasteiger partial charge in [0.15, 0.2) is 0 Å². The number of morpholine rings is 1. The van der Waals surface area contributed by atoms with Crippen LogP contribution in [0.25, 0.3) is 5.57 Å². The first-order chi connectivity index (χ1) is 31.3.